The Morgan fingerprint density at radius 1 is 1.12 bits per heavy atom. The van der Waals surface area contributed by atoms with Crippen molar-refractivity contribution >= 4 is 17.7 Å². The number of ether oxygens (including phenoxy) is 4. The van der Waals surface area contributed by atoms with E-state index in [9.17, 15) is 14.4 Å². The first-order chi connectivity index (χ1) is 15.8. The smallest absolute Gasteiger partial charge is 0.336 e. The Kier molecular flexibility index (Phi) is 7.46. The number of rotatable bonds is 7. The van der Waals surface area contributed by atoms with Crippen molar-refractivity contribution in [1.82, 2.24) is 5.32 Å². The molecule has 1 aromatic rings. The van der Waals surface area contributed by atoms with Crippen molar-refractivity contribution in [2.75, 3.05) is 27.9 Å². The van der Waals surface area contributed by atoms with Crippen molar-refractivity contribution in [3.8, 4) is 11.5 Å². The second-order valence-electron chi connectivity index (χ2n) is 8.29. The van der Waals surface area contributed by atoms with Gasteiger partial charge >= 0.3 is 11.9 Å². The second-order valence-corrected chi connectivity index (χ2v) is 8.29. The van der Waals surface area contributed by atoms with Gasteiger partial charge in [0.2, 0.25) is 0 Å². The summed E-state index contributed by atoms with van der Waals surface area (Å²) in [5, 5.41) is 3.24. The summed E-state index contributed by atoms with van der Waals surface area (Å²) in [7, 11) is 4.33. The summed E-state index contributed by atoms with van der Waals surface area (Å²) < 4.78 is 21.2. The second kappa shape index (κ2) is 10.1. The number of methoxy groups -OCH3 is 3. The van der Waals surface area contributed by atoms with E-state index in [0.717, 1.165) is 0 Å². The molecular weight excluding hydrogens is 426 g/mol. The van der Waals surface area contributed by atoms with E-state index in [4.69, 9.17) is 18.9 Å². The number of benzene rings is 1. The van der Waals surface area contributed by atoms with Gasteiger partial charge in [0.05, 0.1) is 33.5 Å². The number of esters is 2. The van der Waals surface area contributed by atoms with Gasteiger partial charge in [-0.15, -0.1) is 0 Å². The molecule has 0 aromatic heterocycles. The molecule has 33 heavy (non-hydrogen) atoms. The molecule has 1 aliphatic carbocycles. The fourth-order valence-corrected chi connectivity index (χ4v) is 4.59. The molecule has 0 bridgehead atoms. The molecular formula is C25H31NO7. The summed E-state index contributed by atoms with van der Waals surface area (Å²) in [6.07, 6.45) is 1.14. The standard InChI is InChI=1S/C25H31NO7/c1-7-10-33-25(29)20-14(3)26-16-11-13(2)19(24(28)32-6)23(27)22(16)21(20)15-8-9-17(30-4)18(12-15)31-5/h8-9,12-13,19,21,26H,7,10-11H2,1-6H3/t13-,19-,21+/m1/s1. The van der Waals surface area contributed by atoms with Crippen LogP contribution < -0.4 is 14.8 Å². The van der Waals surface area contributed by atoms with E-state index < -0.39 is 23.8 Å². The van der Waals surface area contributed by atoms with Crippen molar-refractivity contribution < 1.29 is 33.3 Å². The Hall–Kier alpha value is -3.29. The molecule has 178 valence electrons. The molecule has 0 saturated heterocycles. The van der Waals surface area contributed by atoms with Crippen molar-refractivity contribution in [1.29, 1.82) is 0 Å². The van der Waals surface area contributed by atoms with E-state index in [-0.39, 0.29) is 18.3 Å². The average molecular weight is 458 g/mol. The van der Waals surface area contributed by atoms with Crippen LogP contribution in [0.1, 0.15) is 45.1 Å². The first-order valence-corrected chi connectivity index (χ1v) is 11.0. The molecule has 1 aliphatic heterocycles. The Bertz CT molecular complexity index is 1020. The molecule has 0 spiro atoms. The van der Waals surface area contributed by atoms with E-state index in [2.05, 4.69) is 5.32 Å². The van der Waals surface area contributed by atoms with Gasteiger partial charge in [-0.2, -0.15) is 0 Å². The molecule has 2 aliphatic rings. The predicted octanol–water partition coefficient (Wildman–Crippen LogP) is 3.27. The van der Waals surface area contributed by atoms with Gasteiger partial charge in [0.25, 0.3) is 0 Å². The number of Topliss-reactive ketones (excluding diaryl/α,β-unsaturated/α-hetero) is 1. The molecule has 1 aromatic carbocycles. The molecule has 3 atom stereocenters. The highest BCUT2D eigenvalue weighted by Crippen LogP contribution is 2.46. The van der Waals surface area contributed by atoms with Crippen molar-refractivity contribution in [2.24, 2.45) is 11.8 Å². The zero-order valence-electron chi connectivity index (χ0n) is 19.9. The first kappa shape index (κ1) is 24.4. The van der Waals surface area contributed by atoms with E-state index in [1.165, 1.54) is 21.3 Å². The molecule has 1 N–H and O–H groups in total. The third-order valence-corrected chi connectivity index (χ3v) is 6.14. The molecule has 8 heteroatoms. The summed E-state index contributed by atoms with van der Waals surface area (Å²) in [6.45, 7) is 5.81. The molecule has 0 fully saturated rings. The molecule has 0 amide bonds. The Labute approximate surface area is 193 Å². The van der Waals surface area contributed by atoms with Gasteiger partial charge in [0.15, 0.2) is 17.3 Å². The maximum Gasteiger partial charge on any atom is 0.336 e. The average Bonchev–Trinajstić information content (AvgIpc) is 2.80. The van der Waals surface area contributed by atoms with Gasteiger partial charge in [-0.25, -0.2) is 4.79 Å². The fraction of sp³-hybridized carbons (Fsp3) is 0.480. The topological polar surface area (TPSA) is 100 Å². The molecule has 0 radical (unpaired) electrons. The van der Waals surface area contributed by atoms with E-state index >= 15 is 0 Å². The molecule has 3 rings (SSSR count). The van der Waals surface area contributed by atoms with Gasteiger partial charge in [0.1, 0.15) is 5.92 Å². The number of nitrogens with one attached hydrogen (secondary N) is 1. The van der Waals surface area contributed by atoms with E-state index in [0.29, 0.717) is 52.4 Å². The lowest BCUT2D eigenvalue weighted by atomic mass is 9.69. The lowest BCUT2D eigenvalue weighted by Gasteiger charge is -2.38. The van der Waals surface area contributed by atoms with Crippen molar-refractivity contribution in [3.63, 3.8) is 0 Å². The van der Waals surface area contributed by atoms with Gasteiger partial charge in [0, 0.05) is 22.9 Å². The lowest BCUT2D eigenvalue weighted by molar-refractivity contribution is -0.151. The van der Waals surface area contributed by atoms with Gasteiger partial charge in [-0.1, -0.05) is 19.9 Å². The SMILES string of the molecule is CCCOC(=O)C1=C(C)NC2=C(C(=O)[C@H](C(=O)OC)[C@H](C)C2)[C@H]1c1ccc(OC)c(OC)c1. The minimum atomic E-state index is -0.940. The highest BCUT2D eigenvalue weighted by molar-refractivity contribution is 6.12. The number of dihydropyridines is 1. The van der Waals surface area contributed by atoms with Crippen molar-refractivity contribution in [3.05, 3.63) is 46.3 Å². The molecule has 1 heterocycles. The van der Waals surface area contributed by atoms with Crippen LogP contribution in [-0.4, -0.2) is 45.7 Å². The number of allylic oxidation sites excluding steroid dienone is 3. The van der Waals surface area contributed by atoms with Crippen LogP contribution in [0.25, 0.3) is 0 Å². The number of ketones is 1. The zero-order valence-corrected chi connectivity index (χ0v) is 19.9. The third-order valence-electron chi connectivity index (χ3n) is 6.14. The number of hydrogen-bond acceptors (Lipinski definition) is 8. The minimum Gasteiger partial charge on any atom is -0.493 e. The monoisotopic (exact) mass is 457 g/mol. The molecule has 8 nitrogen and oxygen atoms in total. The van der Waals surface area contributed by atoms with Crippen LogP contribution in [0.15, 0.2) is 40.7 Å². The fourth-order valence-electron chi connectivity index (χ4n) is 4.59. The predicted molar refractivity (Wildman–Crippen MR) is 121 cm³/mol. The Balaban J connectivity index is 2.20. The largest absolute Gasteiger partial charge is 0.493 e. The number of carbonyl (C=O) groups excluding carboxylic acids is 3. The highest BCUT2D eigenvalue weighted by Gasteiger charge is 2.47. The number of hydrogen-bond donors (Lipinski definition) is 1. The molecule has 0 saturated carbocycles. The maximum absolute atomic E-state index is 13.7. The van der Waals surface area contributed by atoms with Gasteiger partial charge in [-0.05, 0) is 43.4 Å². The van der Waals surface area contributed by atoms with Gasteiger partial charge in [-0.3, -0.25) is 9.59 Å². The number of carbonyl (C=O) groups is 3. The van der Waals surface area contributed by atoms with E-state index in [1.807, 2.05) is 13.8 Å². The van der Waals surface area contributed by atoms with E-state index in [1.54, 1.807) is 25.1 Å². The normalized spacial score (nSPS) is 22.4. The highest BCUT2D eigenvalue weighted by atomic mass is 16.5. The Morgan fingerprint density at radius 3 is 2.42 bits per heavy atom. The Morgan fingerprint density at radius 2 is 1.82 bits per heavy atom. The van der Waals surface area contributed by atoms with Crippen LogP contribution in [0.2, 0.25) is 0 Å². The van der Waals surface area contributed by atoms with Gasteiger partial charge < -0.3 is 24.3 Å². The van der Waals surface area contributed by atoms with Crippen LogP contribution >= 0.6 is 0 Å². The third kappa shape index (κ3) is 4.47. The first-order valence-electron chi connectivity index (χ1n) is 11.0. The summed E-state index contributed by atoms with van der Waals surface area (Å²) in [5.74, 6) is -2.35. The van der Waals surface area contributed by atoms with Crippen molar-refractivity contribution in [2.45, 2.75) is 39.5 Å². The summed E-state index contributed by atoms with van der Waals surface area (Å²) >= 11 is 0. The van der Waals surface area contributed by atoms with Crippen LogP contribution in [0.3, 0.4) is 0 Å². The summed E-state index contributed by atoms with van der Waals surface area (Å²) in [6, 6.07) is 5.27. The van der Waals surface area contributed by atoms with Crippen LogP contribution in [0.4, 0.5) is 0 Å². The van der Waals surface area contributed by atoms with Crippen LogP contribution in [0, 0.1) is 11.8 Å². The van der Waals surface area contributed by atoms with Crippen LogP contribution in [-0.2, 0) is 23.9 Å². The maximum atomic E-state index is 13.7. The quantitative estimate of drug-likeness (QED) is 0.492. The minimum absolute atomic E-state index is 0.247. The summed E-state index contributed by atoms with van der Waals surface area (Å²) in [5.41, 5.74) is 2.70. The lowest BCUT2D eigenvalue weighted by Crippen LogP contribution is -2.43. The summed E-state index contributed by atoms with van der Waals surface area (Å²) in [4.78, 5) is 39.3. The zero-order chi connectivity index (χ0) is 24.3. The molecule has 0 unspecified atom stereocenters. The van der Waals surface area contributed by atoms with Crippen LogP contribution in [0.5, 0.6) is 11.5 Å².